The second-order valence-corrected chi connectivity index (χ2v) is 5.67. The van der Waals surface area contributed by atoms with Gasteiger partial charge in [0.25, 0.3) is 0 Å². The predicted octanol–water partition coefficient (Wildman–Crippen LogP) is 4.42. The highest BCUT2D eigenvalue weighted by molar-refractivity contribution is 6.31. The van der Waals surface area contributed by atoms with E-state index in [-0.39, 0.29) is 0 Å². The van der Waals surface area contributed by atoms with E-state index in [4.69, 9.17) is 11.6 Å². The SMILES string of the molecule is Cc1nc(-c2ccccn2)nc(NCc2ccccc2Cl)c1C. The second kappa shape index (κ2) is 6.75. The third-order valence-electron chi connectivity index (χ3n) is 3.69. The third-order valence-corrected chi connectivity index (χ3v) is 4.06. The molecule has 2 heterocycles. The zero-order chi connectivity index (χ0) is 16.2. The number of pyridine rings is 1. The van der Waals surface area contributed by atoms with E-state index in [1.54, 1.807) is 6.20 Å². The topological polar surface area (TPSA) is 50.7 Å². The zero-order valence-electron chi connectivity index (χ0n) is 13.0. The first-order valence-corrected chi connectivity index (χ1v) is 7.77. The Morgan fingerprint density at radius 1 is 1.00 bits per heavy atom. The van der Waals surface area contributed by atoms with Crippen LogP contribution in [0.5, 0.6) is 0 Å². The Labute approximate surface area is 140 Å². The molecular formula is C18H17ClN4. The van der Waals surface area contributed by atoms with E-state index in [0.717, 1.165) is 33.4 Å². The molecule has 4 nitrogen and oxygen atoms in total. The lowest BCUT2D eigenvalue weighted by molar-refractivity contribution is 1.02. The number of nitrogens with one attached hydrogen (secondary N) is 1. The molecule has 3 aromatic rings. The lowest BCUT2D eigenvalue weighted by Crippen LogP contribution is -2.07. The molecule has 0 bridgehead atoms. The van der Waals surface area contributed by atoms with Gasteiger partial charge in [-0.2, -0.15) is 0 Å². The van der Waals surface area contributed by atoms with Crippen LogP contribution in [0.4, 0.5) is 5.82 Å². The van der Waals surface area contributed by atoms with E-state index in [1.807, 2.05) is 56.3 Å². The van der Waals surface area contributed by atoms with Gasteiger partial charge in [-0.25, -0.2) is 9.97 Å². The molecule has 116 valence electrons. The van der Waals surface area contributed by atoms with Gasteiger partial charge in [0, 0.05) is 29.0 Å². The lowest BCUT2D eigenvalue weighted by Gasteiger charge is -2.13. The normalized spacial score (nSPS) is 10.6. The molecule has 0 saturated heterocycles. The summed E-state index contributed by atoms with van der Waals surface area (Å²) in [4.78, 5) is 13.5. The molecule has 0 radical (unpaired) electrons. The van der Waals surface area contributed by atoms with Gasteiger partial charge in [0.2, 0.25) is 0 Å². The third kappa shape index (κ3) is 3.48. The molecule has 0 aliphatic carbocycles. The molecule has 23 heavy (non-hydrogen) atoms. The van der Waals surface area contributed by atoms with Crippen molar-refractivity contribution in [2.45, 2.75) is 20.4 Å². The molecule has 3 rings (SSSR count). The summed E-state index contributed by atoms with van der Waals surface area (Å²) in [5, 5.41) is 4.10. The summed E-state index contributed by atoms with van der Waals surface area (Å²) in [5.41, 5.74) is 3.75. The van der Waals surface area contributed by atoms with Gasteiger partial charge in [0.1, 0.15) is 11.5 Å². The first kappa shape index (κ1) is 15.4. The van der Waals surface area contributed by atoms with Crippen molar-refractivity contribution in [3.63, 3.8) is 0 Å². The summed E-state index contributed by atoms with van der Waals surface area (Å²) in [6, 6.07) is 13.5. The first-order chi connectivity index (χ1) is 11.1. The van der Waals surface area contributed by atoms with Crippen LogP contribution in [-0.4, -0.2) is 15.0 Å². The minimum atomic E-state index is 0.610. The minimum Gasteiger partial charge on any atom is -0.366 e. The van der Waals surface area contributed by atoms with E-state index < -0.39 is 0 Å². The molecule has 0 unspecified atom stereocenters. The Morgan fingerprint density at radius 2 is 1.78 bits per heavy atom. The van der Waals surface area contributed by atoms with Crippen LogP contribution < -0.4 is 5.32 Å². The van der Waals surface area contributed by atoms with Gasteiger partial charge in [-0.3, -0.25) is 4.98 Å². The average Bonchev–Trinajstić information content (AvgIpc) is 2.58. The van der Waals surface area contributed by atoms with E-state index in [2.05, 4.69) is 20.3 Å². The number of anilines is 1. The lowest BCUT2D eigenvalue weighted by atomic mass is 10.2. The molecule has 0 aliphatic heterocycles. The quantitative estimate of drug-likeness (QED) is 0.771. The van der Waals surface area contributed by atoms with Crippen LogP contribution >= 0.6 is 11.6 Å². The number of rotatable bonds is 4. The largest absolute Gasteiger partial charge is 0.366 e. The molecule has 1 N–H and O–H groups in total. The number of aryl methyl sites for hydroxylation is 1. The van der Waals surface area contributed by atoms with Crippen LogP contribution in [-0.2, 0) is 6.54 Å². The van der Waals surface area contributed by atoms with Gasteiger partial charge in [-0.15, -0.1) is 0 Å². The minimum absolute atomic E-state index is 0.610. The molecule has 0 amide bonds. The van der Waals surface area contributed by atoms with Crippen molar-refractivity contribution >= 4 is 17.4 Å². The maximum Gasteiger partial charge on any atom is 0.180 e. The second-order valence-electron chi connectivity index (χ2n) is 5.27. The fourth-order valence-electron chi connectivity index (χ4n) is 2.23. The molecule has 2 aromatic heterocycles. The molecule has 0 saturated carbocycles. The van der Waals surface area contributed by atoms with Crippen LogP contribution in [0.2, 0.25) is 5.02 Å². The van der Waals surface area contributed by atoms with Crippen LogP contribution in [0.1, 0.15) is 16.8 Å². The van der Waals surface area contributed by atoms with Gasteiger partial charge in [-0.05, 0) is 37.6 Å². The molecule has 0 spiro atoms. The van der Waals surface area contributed by atoms with Gasteiger partial charge < -0.3 is 5.32 Å². The standard InChI is InChI=1S/C18H17ClN4/c1-12-13(2)22-18(16-9-5-6-10-20-16)23-17(12)21-11-14-7-3-4-8-15(14)19/h3-10H,11H2,1-2H3,(H,21,22,23). The number of nitrogens with zero attached hydrogens (tertiary/aromatic N) is 3. The van der Waals surface area contributed by atoms with Crippen LogP contribution in [0.3, 0.4) is 0 Å². The monoisotopic (exact) mass is 324 g/mol. The zero-order valence-corrected chi connectivity index (χ0v) is 13.8. The number of hydrogen-bond acceptors (Lipinski definition) is 4. The fraction of sp³-hybridized carbons (Fsp3) is 0.167. The summed E-state index contributed by atoms with van der Waals surface area (Å²) >= 11 is 6.21. The molecule has 5 heteroatoms. The smallest absolute Gasteiger partial charge is 0.180 e. The Morgan fingerprint density at radius 3 is 2.52 bits per heavy atom. The highest BCUT2D eigenvalue weighted by Gasteiger charge is 2.10. The highest BCUT2D eigenvalue weighted by atomic mass is 35.5. The summed E-state index contributed by atoms with van der Waals surface area (Å²) in [6.45, 7) is 4.59. The molecular weight excluding hydrogens is 308 g/mol. The number of halogens is 1. The highest BCUT2D eigenvalue weighted by Crippen LogP contribution is 2.22. The van der Waals surface area contributed by atoms with E-state index >= 15 is 0 Å². The van der Waals surface area contributed by atoms with Crippen molar-refractivity contribution in [2.75, 3.05) is 5.32 Å². The molecule has 0 aliphatic rings. The van der Waals surface area contributed by atoms with Crippen molar-refractivity contribution in [1.29, 1.82) is 0 Å². The Kier molecular flexibility index (Phi) is 4.53. The van der Waals surface area contributed by atoms with Crippen LogP contribution in [0.25, 0.3) is 11.5 Å². The maximum atomic E-state index is 6.21. The van der Waals surface area contributed by atoms with Crippen molar-refractivity contribution < 1.29 is 0 Å². The number of benzene rings is 1. The Hall–Kier alpha value is -2.46. The average molecular weight is 325 g/mol. The summed E-state index contributed by atoms with van der Waals surface area (Å²) in [5.74, 6) is 1.42. The van der Waals surface area contributed by atoms with Gasteiger partial charge in [0.05, 0.1) is 0 Å². The fourth-order valence-corrected chi connectivity index (χ4v) is 2.43. The summed E-state index contributed by atoms with van der Waals surface area (Å²) in [7, 11) is 0. The summed E-state index contributed by atoms with van der Waals surface area (Å²) < 4.78 is 0. The van der Waals surface area contributed by atoms with E-state index in [1.165, 1.54) is 0 Å². The maximum absolute atomic E-state index is 6.21. The van der Waals surface area contributed by atoms with Crippen molar-refractivity contribution in [2.24, 2.45) is 0 Å². The van der Waals surface area contributed by atoms with Crippen LogP contribution in [0, 0.1) is 13.8 Å². The summed E-state index contributed by atoms with van der Waals surface area (Å²) in [6.07, 6.45) is 1.74. The van der Waals surface area contributed by atoms with E-state index in [0.29, 0.717) is 12.4 Å². The first-order valence-electron chi connectivity index (χ1n) is 7.39. The molecule has 0 atom stereocenters. The van der Waals surface area contributed by atoms with Gasteiger partial charge in [-0.1, -0.05) is 35.9 Å². The van der Waals surface area contributed by atoms with Crippen molar-refractivity contribution in [3.8, 4) is 11.5 Å². The molecule has 0 fully saturated rings. The van der Waals surface area contributed by atoms with Crippen molar-refractivity contribution in [3.05, 3.63) is 70.5 Å². The predicted molar refractivity (Wildman–Crippen MR) is 93.5 cm³/mol. The van der Waals surface area contributed by atoms with Gasteiger partial charge in [0.15, 0.2) is 5.82 Å². The van der Waals surface area contributed by atoms with Gasteiger partial charge >= 0.3 is 0 Å². The van der Waals surface area contributed by atoms with Crippen molar-refractivity contribution in [1.82, 2.24) is 15.0 Å². The van der Waals surface area contributed by atoms with E-state index in [9.17, 15) is 0 Å². The molecule has 1 aromatic carbocycles. The number of aromatic nitrogens is 3. The van der Waals surface area contributed by atoms with Crippen LogP contribution in [0.15, 0.2) is 48.7 Å². The Balaban J connectivity index is 1.90. The Bertz CT molecular complexity index is 819. The number of hydrogen-bond donors (Lipinski definition) is 1.